The highest BCUT2D eigenvalue weighted by atomic mass is 35.5. The number of aliphatic carboxylic acids is 1. The first kappa shape index (κ1) is 23.5. The molecule has 0 fully saturated rings. The molecule has 0 amide bonds. The lowest BCUT2D eigenvalue weighted by atomic mass is 9.96. The zero-order valence-electron chi connectivity index (χ0n) is 15.7. The molecule has 0 bridgehead atoms. The smallest absolute Gasteiger partial charge is 0.416 e. The number of aliphatic hydroxyl groups is 1. The summed E-state index contributed by atoms with van der Waals surface area (Å²) >= 11 is 12.0. The van der Waals surface area contributed by atoms with Crippen LogP contribution in [0, 0.1) is 11.3 Å². The summed E-state index contributed by atoms with van der Waals surface area (Å²) in [6.45, 7) is 0.905. The highest BCUT2D eigenvalue weighted by molar-refractivity contribution is 6.38. The van der Waals surface area contributed by atoms with Crippen molar-refractivity contribution >= 4 is 41.3 Å². The third-order valence-electron chi connectivity index (χ3n) is 3.84. The number of nitrogens with zero attached hydrogens (tertiary/aromatic N) is 5. The molecule has 0 aliphatic heterocycles. The predicted octanol–water partition coefficient (Wildman–Crippen LogP) is 3.58. The standard InChI is InChI=1S/C17H14Cl2F3N5O3/c1-16(30,15(28)29)12-11(6-23)25-27(14(12)24-7-26(2)3)13-9(18)4-8(5-10(13)19)17(20,21)22/h4-5,7,30H,1-3H3,(H,28,29). The number of carboxylic acids is 1. The van der Waals surface area contributed by atoms with Crippen LogP contribution >= 0.6 is 23.2 Å². The number of alkyl halides is 3. The van der Waals surface area contributed by atoms with Gasteiger partial charge >= 0.3 is 12.1 Å². The average molecular weight is 464 g/mol. The van der Waals surface area contributed by atoms with Gasteiger partial charge in [-0.3, -0.25) is 0 Å². The van der Waals surface area contributed by atoms with E-state index in [1.54, 1.807) is 20.2 Å². The molecule has 0 spiro atoms. The Hall–Kier alpha value is -2.81. The van der Waals surface area contributed by atoms with E-state index in [0.29, 0.717) is 12.1 Å². The molecule has 0 saturated heterocycles. The number of hydrogen-bond acceptors (Lipinski definition) is 5. The molecule has 13 heteroatoms. The molecular formula is C17H14Cl2F3N5O3. The molecule has 0 aliphatic rings. The van der Waals surface area contributed by atoms with Crippen LogP contribution < -0.4 is 0 Å². The number of aromatic nitrogens is 2. The number of aliphatic imine (C=N–C) groups is 1. The molecule has 160 valence electrons. The highest BCUT2D eigenvalue weighted by Crippen LogP contribution is 2.41. The van der Waals surface area contributed by atoms with Gasteiger partial charge in [0.05, 0.1) is 27.5 Å². The maximum absolute atomic E-state index is 13.0. The minimum Gasteiger partial charge on any atom is -0.479 e. The first-order valence-corrected chi connectivity index (χ1v) is 8.74. The van der Waals surface area contributed by atoms with E-state index >= 15 is 0 Å². The SMILES string of the molecule is CN(C)C=Nc1c(C(C)(O)C(=O)O)c(C#N)nn1-c1c(Cl)cc(C(F)(F)F)cc1Cl. The van der Waals surface area contributed by atoms with Crippen molar-refractivity contribution < 1.29 is 28.2 Å². The summed E-state index contributed by atoms with van der Waals surface area (Å²) in [5.74, 6) is -2.05. The predicted molar refractivity (Wildman–Crippen MR) is 102 cm³/mol. The molecule has 1 unspecified atom stereocenters. The molecule has 0 radical (unpaired) electrons. The van der Waals surface area contributed by atoms with Gasteiger partial charge in [0.25, 0.3) is 0 Å². The Morgan fingerprint density at radius 1 is 1.33 bits per heavy atom. The summed E-state index contributed by atoms with van der Waals surface area (Å²) < 4.78 is 39.9. The van der Waals surface area contributed by atoms with Crippen LogP contribution in [0.15, 0.2) is 17.1 Å². The van der Waals surface area contributed by atoms with Crippen LogP contribution in [0.25, 0.3) is 5.69 Å². The summed E-state index contributed by atoms with van der Waals surface area (Å²) in [6, 6.07) is 2.84. The van der Waals surface area contributed by atoms with Crippen LogP contribution in [-0.2, 0) is 16.6 Å². The molecule has 1 atom stereocenters. The second kappa shape index (κ2) is 8.14. The normalized spacial score (nSPS) is 13.9. The number of hydrogen-bond donors (Lipinski definition) is 2. The van der Waals surface area contributed by atoms with Gasteiger partial charge < -0.3 is 15.1 Å². The fourth-order valence-corrected chi connectivity index (χ4v) is 3.07. The molecule has 8 nitrogen and oxygen atoms in total. The first-order chi connectivity index (χ1) is 13.7. The number of nitriles is 1. The van der Waals surface area contributed by atoms with Gasteiger partial charge in [0, 0.05) is 14.1 Å². The van der Waals surface area contributed by atoms with Crippen molar-refractivity contribution in [2.45, 2.75) is 18.7 Å². The molecule has 1 heterocycles. The fourth-order valence-electron chi connectivity index (χ4n) is 2.42. The van der Waals surface area contributed by atoms with Crippen molar-refractivity contribution in [1.29, 1.82) is 5.26 Å². The van der Waals surface area contributed by atoms with Crippen molar-refractivity contribution in [3.05, 3.63) is 39.0 Å². The Morgan fingerprint density at radius 2 is 1.87 bits per heavy atom. The number of carboxylic acid groups (broad SMARTS) is 1. The number of carbonyl (C=O) groups is 1. The molecule has 2 rings (SSSR count). The summed E-state index contributed by atoms with van der Waals surface area (Å²) in [5.41, 5.74) is -5.01. The van der Waals surface area contributed by atoms with Crippen LogP contribution in [0.3, 0.4) is 0 Å². The van der Waals surface area contributed by atoms with E-state index in [4.69, 9.17) is 23.2 Å². The molecule has 1 aromatic heterocycles. The van der Waals surface area contributed by atoms with Gasteiger partial charge in [-0.2, -0.15) is 23.5 Å². The number of halogens is 5. The lowest BCUT2D eigenvalue weighted by Gasteiger charge is -2.18. The van der Waals surface area contributed by atoms with E-state index in [1.807, 2.05) is 0 Å². The molecule has 2 N–H and O–H groups in total. The maximum Gasteiger partial charge on any atom is 0.416 e. The van der Waals surface area contributed by atoms with Crippen LogP contribution in [0.5, 0.6) is 0 Å². The topological polar surface area (TPSA) is 115 Å². The van der Waals surface area contributed by atoms with Crippen LogP contribution in [0.4, 0.5) is 19.0 Å². The fraction of sp³-hybridized carbons (Fsp3) is 0.294. The third kappa shape index (κ3) is 4.35. The van der Waals surface area contributed by atoms with Crippen molar-refractivity contribution in [3.63, 3.8) is 0 Å². The van der Waals surface area contributed by atoms with E-state index in [0.717, 1.165) is 11.6 Å². The lowest BCUT2D eigenvalue weighted by molar-refractivity contribution is -0.157. The molecule has 2 aromatic rings. The van der Waals surface area contributed by atoms with Crippen LogP contribution in [0.2, 0.25) is 10.0 Å². The first-order valence-electron chi connectivity index (χ1n) is 7.98. The Labute approximate surface area is 178 Å². The van der Waals surface area contributed by atoms with Gasteiger partial charge in [-0.15, -0.1) is 0 Å². The van der Waals surface area contributed by atoms with Crippen LogP contribution in [0.1, 0.15) is 23.7 Å². The quantitative estimate of drug-likeness (QED) is 0.517. The largest absolute Gasteiger partial charge is 0.479 e. The van der Waals surface area contributed by atoms with Gasteiger partial charge in [0.1, 0.15) is 11.8 Å². The van der Waals surface area contributed by atoms with Gasteiger partial charge in [0.15, 0.2) is 17.1 Å². The minimum atomic E-state index is -4.72. The molecule has 0 aliphatic carbocycles. The van der Waals surface area contributed by atoms with E-state index in [-0.39, 0.29) is 11.5 Å². The summed E-state index contributed by atoms with van der Waals surface area (Å²) in [4.78, 5) is 17.1. The number of benzene rings is 1. The van der Waals surface area contributed by atoms with E-state index in [2.05, 4.69) is 10.1 Å². The third-order valence-corrected chi connectivity index (χ3v) is 4.41. The lowest BCUT2D eigenvalue weighted by Crippen LogP contribution is -2.32. The van der Waals surface area contributed by atoms with Crippen molar-refractivity contribution in [2.75, 3.05) is 14.1 Å². The Morgan fingerprint density at radius 3 is 2.27 bits per heavy atom. The van der Waals surface area contributed by atoms with Gasteiger partial charge in [-0.25, -0.2) is 14.5 Å². The minimum absolute atomic E-state index is 0.277. The molecule has 1 aromatic carbocycles. The highest BCUT2D eigenvalue weighted by Gasteiger charge is 2.41. The van der Waals surface area contributed by atoms with E-state index in [1.165, 1.54) is 11.2 Å². The summed E-state index contributed by atoms with van der Waals surface area (Å²) in [7, 11) is 3.17. The van der Waals surface area contributed by atoms with E-state index < -0.39 is 44.6 Å². The second-order valence-electron chi connectivity index (χ2n) is 6.44. The van der Waals surface area contributed by atoms with Crippen molar-refractivity contribution in [1.82, 2.24) is 14.7 Å². The van der Waals surface area contributed by atoms with Gasteiger partial charge in [0.2, 0.25) is 0 Å². The van der Waals surface area contributed by atoms with Crippen LogP contribution in [-0.4, -0.2) is 51.3 Å². The monoisotopic (exact) mass is 463 g/mol. The Kier molecular flexibility index (Phi) is 6.37. The average Bonchev–Trinajstić information content (AvgIpc) is 2.97. The Balaban J connectivity index is 2.93. The van der Waals surface area contributed by atoms with Crippen molar-refractivity contribution in [2.24, 2.45) is 4.99 Å². The second-order valence-corrected chi connectivity index (χ2v) is 7.26. The zero-order valence-corrected chi connectivity index (χ0v) is 17.2. The van der Waals surface area contributed by atoms with Crippen molar-refractivity contribution in [3.8, 4) is 11.8 Å². The summed E-state index contributed by atoms with van der Waals surface area (Å²) in [5, 5.41) is 32.2. The zero-order chi connectivity index (χ0) is 23.0. The van der Waals surface area contributed by atoms with E-state index in [9.17, 15) is 33.4 Å². The Bertz CT molecular complexity index is 1050. The van der Waals surface area contributed by atoms with Gasteiger partial charge in [-0.1, -0.05) is 23.2 Å². The molecule has 0 saturated carbocycles. The summed E-state index contributed by atoms with van der Waals surface area (Å²) in [6.07, 6.45) is -3.51. The molecular weight excluding hydrogens is 450 g/mol. The maximum atomic E-state index is 13.0. The van der Waals surface area contributed by atoms with Gasteiger partial charge in [-0.05, 0) is 19.1 Å². The molecule has 30 heavy (non-hydrogen) atoms. The number of rotatable bonds is 5.